The Balaban J connectivity index is 1.68. The number of amides is 2. The monoisotopic (exact) mass is 461 g/mol. The van der Waals surface area contributed by atoms with Crippen molar-refractivity contribution in [2.45, 2.75) is 39.0 Å². The molecule has 1 aliphatic heterocycles. The Morgan fingerprint density at radius 3 is 2.59 bits per heavy atom. The van der Waals surface area contributed by atoms with Gasteiger partial charge in [-0.1, -0.05) is 24.6 Å². The number of imide groups is 1. The number of ketones is 2. The van der Waals surface area contributed by atoms with Crippen molar-refractivity contribution in [1.82, 2.24) is 4.90 Å². The fourth-order valence-electron chi connectivity index (χ4n) is 6.12. The molecule has 4 atom stereocenters. The summed E-state index contributed by atoms with van der Waals surface area (Å²) in [6.07, 6.45) is 4.74. The van der Waals surface area contributed by atoms with Crippen LogP contribution in [-0.2, 0) is 19.2 Å². The molecule has 0 aromatic heterocycles. The van der Waals surface area contributed by atoms with Crippen molar-refractivity contribution in [2.24, 2.45) is 17.8 Å². The summed E-state index contributed by atoms with van der Waals surface area (Å²) in [4.78, 5) is 54.2. The Hall–Kier alpha value is -3.48. The highest BCUT2D eigenvalue weighted by atomic mass is 16.5. The molecule has 1 N–H and O–H groups in total. The number of allylic oxidation sites excluding steroid dienone is 6. The molecule has 0 radical (unpaired) electrons. The van der Waals surface area contributed by atoms with Crippen molar-refractivity contribution < 1.29 is 29.0 Å². The topological polar surface area (TPSA) is 101 Å². The largest absolute Gasteiger partial charge is 0.504 e. The smallest absolute Gasteiger partial charge is 0.233 e. The summed E-state index contributed by atoms with van der Waals surface area (Å²) in [5, 5.41) is 10.1. The van der Waals surface area contributed by atoms with Crippen LogP contribution in [0.15, 0.2) is 52.6 Å². The molecule has 4 aliphatic rings. The molecule has 7 nitrogen and oxygen atoms in total. The lowest BCUT2D eigenvalue weighted by molar-refractivity contribution is -0.140. The van der Waals surface area contributed by atoms with Crippen molar-refractivity contribution in [3.8, 4) is 11.5 Å². The highest BCUT2D eigenvalue weighted by molar-refractivity contribution is 6.23. The molecule has 5 rings (SSSR count). The van der Waals surface area contributed by atoms with E-state index >= 15 is 0 Å². The van der Waals surface area contributed by atoms with Crippen molar-refractivity contribution in [2.75, 3.05) is 13.7 Å². The normalized spacial score (nSPS) is 28.4. The summed E-state index contributed by atoms with van der Waals surface area (Å²) in [5.41, 5.74) is 2.83. The molecule has 1 fully saturated rings. The quantitative estimate of drug-likeness (QED) is 0.420. The van der Waals surface area contributed by atoms with Crippen LogP contribution in [0.5, 0.6) is 11.5 Å². The van der Waals surface area contributed by atoms with Crippen LogP contribution in [-0.4, -0.2) is 47.0 Å². The van der Waals surface area contributed by atoms with Gasteiger partial charge < -0.3 is 9.84 Å². The SMILES string of the molecule is CCCN1C(=O)C2CC=C3C(c4ccc(O)c(OC)c4)C4=C(CC3C2C1=O)C(=O)C=C(C)C4=O. The number of carbonyl (C=O) groups excluding carboxylic acids is 4. The number of fused-ring (bicyclic) bond motifs is 3. The van der Waals surface area contributed by atoms with Crippen molar-refractivity contribution in [1.29, 1.82) is 0 Å². The van der Waals surface area contributed by atoms with E-state index < -0.39 is 17.8 Å². The second-order valence-corrected chi connectivity index (χ2v) is 9.49. The zero-order valence-electron chi connectivity index (χ0n) is 19.5. The van der Waals surface area contributed by atoms with E-state index in [-0.39, 0.29) is 47.2 Å². The Labute approximate surface area is 197 Å². The van der Waals surface area contributed by atoms with Crippen LogP contribution in [0.4, 0.5) is 0 Å². The molecule has 1 aromatic carbocycles. The number of phenols is 1. The zero-order valence-corrected chi connectivity index (χ0v) is 19.5. The molecule has 1 saturated heterocycles. The van der Waals surface area contributed by atoms with Gasteiger partial charge in [0.2, 0.25) is 11.8 Å². The van der Waals surface area contributed by atoms with Crippen LogP contribution in [0.2, 0.25) is 0 Å². The summed E-state index contributed by atoms with van der Waals surface area (Å²) in [6.45, 7) is 3.95. The van der Waals surface area contributed by atoms with Crippen LogP contribution in [0, 0.1) is 17.8 Å². The first-order chi connectivity index (χ1) is 16.3. The molecule has 1 heterocycles. The van der Waals surface area contributed by atoms with Crippen LogP contribution in [0.3, 0.4) is 0 Å². The third-order valence-corrected chi connectivity index (χ3v) is 7.64. The molecule has 0 saturated carbocycles. The Bertz CT molecular complexity index is 1240. The van der Waals surface area contributed by atoms with Crippen LogP contribution >= 0.6 is 0 Å². The predicted molar refractivity (Wildman–Crippen MR) is 123 cm³/mol. The fourth-order valence-corrected chi connectivity index (χ4v) is 6.12. The van der Waals surface area contributed by atoms with Gasteiger partial charge in [0, 0.05) is 29.2 Å². The first-order valence-electron chi connectivity index (χ1n) is 11.7. The standard InChI is InChI=1S/C27H27NO6/c1-4-9-28-26(32)16-7-6-15-17(23(16)27(28)33)12-18-20(30)10-13(2)25(31)24(18)22(15)14-5-8-19(29)21(11-14)34-3/h5-6,8,10-11,16-17,22-23,29H,4,7,9,12H2,1-3H3. The van der Waals surface area contributed by atoms with E-state index in [0.29, 0.717) is 41.7 Å². The minimum atomic E-state index is -0.549. The highest BCUT2D eigenvalue weighted by Crippen LogP contribution is 2.55. The lowest BCUT2D eigenvalue weighted by atomic mass is 9.59. The number of methoxy groups -OCH3 is 1. The van der Waals surface area contributed by atoms with Gasteiger partial charge in [-0.2, -0.15) is 0 Å². The summed E-state index contributed by atoms with van der Waals surface area (Å²) < 4.78 is 5.30. The van der Waals surface area contributed by atoms with E-state index in [1.165, 1.54) is 24.2 Å². The third-order valence-electron chi connectivity index (χ3n) is 7.64. The first-order valence-corrected chi connectivity index (χ1v) is 11.7. The maximum absolute atomic E-state index is 13.4. The second-order valence-electron chi connectivity index (χ2n) is 9.49. The average Bonchev–Trinajstić information content (AvgIpc) is 3.07. The Morgan fingerprint density at radius 2 is 1.88 bits per heavy atom. The fraction of sp³-hybridized carbons (Fsp3) is 0.407. The molecule has 1 aromatic rings. The predicted octanol–water partition coefficient (Wildman–Crippen LogP) is 3.24. The number of phenolic OH excluding ortho intramolecular Hbond substituents is 1. The number of Topliss-reactive ketones (excluding diaryl/α,β-unsaturated/α-hetero) is 1. The van der Waals surface area contributed by atoms with E-state index in [0.717, 1.165) is 5.57 Å². The average molecular weight is 462 g/mol. The van der Waals surface area contributed by atoms with E-state index in [4.69, 9.17) is 4.74 Å². The van der Waals surface area contributed by atoms with Crippen molar-refractivity contribution in [3.05, 3.63) is 58.2 Å². The van der Waals surface area contributed by atoms with Crippen LogP contribution in [0.1, 0.15) is 44.6 Å². The molecule has 0 spiro atoms. The van der Waals surface area contributed by atoms with Gasteiger partial charge >= 0.3 is 0 Å². The number of aromatic hydroxyl groups is 1. The number of carbonyl (C=O) groups is 4. The maximum Gasteiger partial charge on any atom is 0.233 e. The molecular weight excluding hydrogens is 434 g/mol. The van der Waals surface area contributed by atoms with Crippen molar-refractivity contribution in [3.63, 3.8) is 0 Å². The molecular formula is C27H27NO6. The minimum Gasteiger partial charge on any atom is -0.504 e. The highest BCUT2D eigenvalue weighted by Gasteiger charge is 2.56. The van der Waals surface area contributed by atoms with Crippen molar-refractivity contribution >= 4 is 23.4 Å². The van der Waals surface area contributed by atoms with Gasteiger partial charge in [-0.25, -0.2) is 0 Å². The van der Waals surface area contributed by atoms with Crippen LogP contribution in [0.25, 0.3) is 0 Å². The lowest BCUT2D eigenvalue weighted by Crippen LogP contribution is -2.39. The number of hydrogen-bond acceptors (Lipinski definition) is 6. The number of benzene rings is 1. The lowest BCUT2D eigenvalue weighted by Gasteiger charge is -2.42. The van der Waals surface area contributed by atoms with E-state index in [9.17, 15) is 24.3 Å². The Morgan fingerprint density at radius 1 is 1.12 bits per heavy atom. The Kier molecular flexibility index (Phi) is 5.30. The molecule has 176 valence electrons. The number of ether oxygens (including phenoxy) is 1. The number of rotatable bonds is 4. The maximum atomic E-state index is 13.4. The molecule has 4 unspecified atom stereocenters. The van der Waals surface area contributed by atoms with Gasteiger partial charge in [-0.3, -0.25) is 24.1 Å². The van der Waals surface area contributed by atoms with Gasteiger partial charge in [0.25, 0.3) is 0 Å². The van der Waals surface area contributed by atoms with Gasteiger partial charge in [0.15, 0.2) is 23.1 Å². The summed E-state index contributed by atoms with van der Waals surface area (Å²) in [6, 6.07) is 4.91. The number of nitrogens with zero attached hydrogens (tertiary/aromatic N) is 1. The second kappa shape index (κ2) is 8.08. The minimum absolute atomic E-state index is 0.0283. The van der Waals surface area contributed by atoms with Gasteiger partial charge in [0.05, 0.1) is 18.9 Å². The first kappa shape index (κ1) is 22.3. The zero-order chi connectivity index (χ0) is 24.3. The molecule has 2 amide bonds. The summed E-state index contributed by atoms with van der Waals surface area (Å²) in [7, 11) is 1.45. The van der Waals surface area contributed by atoms with Gasteiger partial charge in [-0.05, 0) is 55.9 Å². The van der Waals surface area contributed by atoms with Gasteiger partial charge in [-0.15, -0.1) is 0 Å². The third kappa shape index (κ3) is 3.10. The molecule has 34 heavy (non-hydrogen) atoms. The van der Waals surface area contributed by atoms with E-state index in [1.54, 1.807) is 19.1 Å². The van der Waals surface area contributed by atoms with Crippen LogP contribution < -0.4 is 4.74 Å². The molecule has 3 aliphatic carbocycles. The summed E-state index contributed by atoms with van der Waals surface area (Å²) in [5.74, 6) is -2.35. The molecule has 0 bridgehead atoms. The summed E-state index contributed by atoms with van der Waals surface area (Å²) >= 11 is 0. The van der Waals surface area contributed by atoms with Gasteiger partial charge in [0.1, 0.15) is 0 Å². The number of hydrogen-bond donors (Lipinski definition) is 1. The van der Waals surface area contributed by atoms with E-state index in [2.05, 4.69) is 0 Å². The van der Waals surface area contributed by atoms with E-state index in [1.807, 2.05) is 13.0 Å². The number of likely N-dealkylation sites (tertiary alicyclic amines) is 1. The molecule has 7 heteroatoms.